The summed E-state index contributed by atoms with van der Waals surface area (Å²) in [6.07, 6.45) is 5.40. The van der Waals surface area contributed by atoms with Crippen LogP contribution in [0.25, 0.3) is 0 Å². The normalized spacial score (nSPS) is 18.0. The molecule has 0 atom stereocenters. The van der Waals surface area contributed by atoms with Gasteiger partial charge in [-0.15, -0.1) is 0 Å². The molecule has 4 nitrogen and oxygen atoms in total. The van der Waals surface area contributed by atoms with Gasteiger partial charge in [0, 0.05) is 5.69 Å². The number of rotatable bonds is 4. The SMILES string of the molecule is Cc1cc(C(=O)O)ccc1NC1(CO)CCCCC1. The predicted molar refractivity (Wildman–Crippen MR) is 74.7 cm³/mol. The third-order valence-corrected chi connectivity index (χ3v) is 3.99. The summed E-state index contributed by atoms with van der Waals surface area (Å²) >= 11 is 0. The van der Waals surface area contributed by atoms with Crippen LogP contribution >= 0.6 is 0 Å². The summed E-state index contributed by atoms with van der Waals surface area (Å²) in [6, 6.07) is 5.06. The molecule has 0 saturated heterocycles. The largest absolute Gasteiger partial charge is 0.478 e. The van der Waals surface area contributed by atoms with Crippen LogP contribution in [0.2, 0.25) is 0 Å². The molecule has 0 radical (unpaired) electrons. The zero-order valence-electron chi connectivity index (χ0n) is 11.3. The van der Waals surface area contributed by atoms with Gasteiger partial charge in [0.25, 0.3) is 0 Å². The van der Waals surface area contributed by atoms with E-state index in [2.05, 4.69) is 5.32 Å². The van der Waals surface area contributed by atoms with Gasteiger partial charge in [-0.3, -0.25) is 0 Å². The van der Waals surface area contributed by atoms with Gasteiger partial charge in [0.1, 0.15) is 0 Å². The monoisotopic (exact) mass is 263 g/mol. The molecule has 0 aliphatic heterocycles. The van der Waals surface area contributed by atoms with Crippen molar-refractivity contribution in [1.29, 1.82) is 0 Å². The van der Waals surface area contributed by atoms with Crippen LogP contribution in [0, 0.1) is 6.92 Å². The van der Waals surface area contributed by atoms with Gasteiger partial charge in [-0.2, -0.15) is 0 Å². The van der Waals surface area contributed by atoms with Crippen molar-refractivity contribution < 1.29 is 15.0 Å². The highest BCUT2D eigenvalue weighted by molar-refractivity contribution is 5.88. The lowest BCUT2D eigenvalue weighted by Gasteiger charge is -2.38. The van der Waals surface area contributed by atoms with Crippen LogP contribution in [-0.2, 0) is 0 Å². The first-order valence-corrected chi connectivity index (χ1v) is 6.79. The van der Waals surface area contributed by atoms with E-state index >= 15 is 0 Å². The Morgan fingerprint density at radius 1 is 1.32 bits per heavy atom. The molecule has 4 heteroatoms. The van der Waals surface area contributed by atoms with Gasteiger partial charge in [-0.25, -0.2) is 4.79 Å². The first-order chi connectivity index (χ1) is 9.06. The Hall–Kier alpha value is -1.55. The molecule has 104 valence electrons. The molecule has 19 heavy (non-hydrogen) atoms. The molecule has 0 unspecified atom stereocenters. The Kier molecular flexibility index (Phi) is 4.10. The number of aromatic carboxylic acids is 1. The van der Waals surface area contributed by atoms with Gasteiger partial charge in [0.05, 0.1) is 17.7 Å². The molecule has 2 rings (SSSR count). The molecule has 1 fully saturated rings. The zero-order chi connectivity index (χ0) is 13.9. The molecule has 1 aromatic carbocycles. The minimum atomic E-state index is -0.913. The maximum atomic E-state index is 10.9. The van der Waals surface area contributed by atoms with Gasteiger partial charge < -0.3 is 15.5 Å². The number of carbonyl (C=O) groups is 1. The quantitative estimate of drug-likeness (QED) is 0.781. The highest BCUT2D eigenvalue weighted by Gasteiger charge is 2.31. The average molecular weight is 263 g/mol. The summed E-state index contributed by atoms with van der Waals surface area (Å²) in [5, 5.41) is 22.1. The molecule has 0 amide bonds. The smallest absolute Gasteiger partial charge is 0.335 e. The summed E-state index contributed by atoms with van der Waals surface area (Å²) in [6.45, 7) is 2.01. The second-order valence-corrected chi connectivity index (χ2v) is 5.46. The Bertz CT molecular complexity index is 464. The number of anilines is 1. The number of hydrogen-bond acceptors (Lipinski definition) is 3. The molecule has 1 aliphatic rings. The van der Waals surface area contributed by atoms with Crippen LogP contribution in [-0.4, -0.2) is 28.3 Å². The topological polar surface area (TPSA) is 69.6 Å². The lowest BCUT2D eigenvalue weighted by molar-refractivity contribution is 0.0697. The van der Waals surface area contributed by atoms with E-state index in [0.29, 0.717) is 5.56 Å². The average Bonchev–Trinajstić information content (AvgIpc) is 2.42. The number of hydrogen-bond donors (Lipinski definition) is 3. The summed E-state index contributed by atoms with van der Waals surface area (Å²) in [5.41, 5.74) is 1.87. The highest BCUT2D eigenvalue weighted by Crippen LogP contribution is 2.32. The fourth-order valence-electron chi connectivity index (χ4n) is 2.77. The Morgan fingerprint density at radius 2 is 2.00 bits per heavy atom. The van der Waals surface area contributed by atoms with E-state index in [-0.39, 0.29) is 12.1 Å². The minimum Gasteiger partial charge on any atom is -0.478 e. The van der Waals surface area contributed by atoms with Crippen molar-refractivity contribution in [3.63, 3.8) is 0 Å². The maximum Gasteiger partial charge on any atom is 0.335 e. The third-order valence-electron chi connectivity index (χ3n) is 3.99. The summed E-state index contributed by atoms with van der Waals surface area (Å²) in [4.78, 5) is 10.9. The molecule has 1 aromatic rings. The second kappa shape index (κ2) is 5.61. The third kappa shape index (κ3) is 3.07. The van der Waals surface area contributed by atoms with Gasteiger partial charge in [0.15, 0.2) is 0 Å². The number of benzene rings is 1. The van der Waals surface area contributed by atoms with Crippen molar-refractivity contribution in [3.8, 4) is 0 Å². The number of aliphatic hydroxyl groups is 1. The van der Waals surface area contributed by atoms with Crippen LogP contribution in [0.5, 0.6) is 0 Å². The van der Waals surface area contributed by atoms with E-state index in [4.69, 9.17) is 5.11 Å². The van der Waals surface area contributed by atoms with E-state index < -0.39 is 5.97 Å². The number of aliphatic hydroxyl groups excluding tert-OH is 1. The van der Waals surface area contributed by atoms with Gasteiger partial charge in [-0.1, -0.05) is 19.3 Å². The van der Waals surface area contributed by atoms with E-state index in [1.807, 2.05) is 6.92 Å². The minimum absolute atomic E-state index is 0.118. The van der Waals surface area contributed by atoms with Gasteiger partial charge in [0.2, 0.25) is 0 Å². The number of carboxylic acid groups (broad SMARTS) is 1. The van der Waals surface area contributed by atoms with Crippen molar-refractivity contribution in [2.24, 2.45) is 0 Å². The highest BCUT2D eigenvalue weighted by atomic mass is 16.4. The van der Waals surface area contributed by atoms with Crippen LogP contribution in [0.3, 0.4) is 0 Å². The van der Waals surface area contributed by atoms with Crippen molar-refractivity contribution >= 4 is 11.7 Å². The number of carboxylic acids is 1. The second-order valence-electron chi connectivity index (χ2n) is 5.46. The fourth-order valence-corrected chi connectivity index (χ4v) is 2.77. The molecule has 3 N–H and O–H groups in total. The summed E-state index contributed by atoms with van der Waals surface area (Å²) in [5.74, 6) is -0.913. The van der Waals surface area contributed by atoms with E-state index in [0.717, 1.165) is 36.9 Å². The van der Waals surface area contributed by atoms with Crippen LogP contribution in [0.1, 0.15) is 48.0 Å². The van der Waals surface area contributed by atoms with E-state index in [9.17, 15) is 9.90 Å². The molecule has 1 saturated carbocycles. The molecular weight excluding hydrogens is 242 g/mol. The van der Waals surface area contributed by atoms with Crippen molar-refractivity contribution in [2.75, 3.05) is 11.9 Å². The zero-order valence-corrected chi connectivity index (χ0v) is 11.3. The van der Waals surface area contributed by atoms with Gasteiger partial charge in [-0.05, 0) is 43.5 Å². The summed E-state index contributed by atoms with van der Waals surface area (Å²) < 4.78 is 0. The Labute approximate surface area is 113 Å². The molecular formula is C15H21NO3. The first kappa shape index (κ1) is 13.9. The van der Waals surface area contributed by atoms with Crippen LogP contribution in [0.15, 0.2) is 18.2 Å². The van der Waals surface area contributed by atoms with Crippen molar-refractivity contribution in [3.05, 3.63) is 29.3 Å². The van der Waals surface area contributed by atoms with Crippen molar-refractivity contribution in [2.45, 2.75) is 44.6 Å². The molecule has 1 aliphatic carbocycles. The lowest BCUT2D eigenvalue weighted by atomic mass is 9.82. The van der Waals surface area contributed by atoms with E-state index in [1.54, 1.807) is 18.2 Å². The van der Waals surface area contributed by atoms with Crippen LogP contribution < -0.4 is 5.32 Å². The fraction of sp³-hybridized carbons (Fsp3) is 0.533. The summed E-state index contributed by atoms with van der Waals surface area (Å²) in [7, 11) is 0. The molecule has 0 bridgehead atoms. The Balaban J connectivity index is 2.20. The standard InChI is InChI=1S/C15H21NO3/c1-11-9-12(14(18)19)5-6-13(11)16-15(10-17)7-3-2-4-8-15/h5-6,9,16-17H,2-4,7-8,10H2,1H3,(H,18,19). The molecule has 0 heterocycles. The van der Waals surface area contributed by atoms with Crippen LogP contribution in [0.4, 0.5) is 5.69 Å². The number of aryl methyl sites for hydroxylation is 1. The lowest BCUT2D eigenvalue weighted by Crippen LogP contribution is -2.44. The molecule has 0 spiro atoms. The maximum absolute atomic E-state index is 10.9. The molecule has 0 aromatic heterocycles. The van der Waals surface area contributed by atoms with E-state index in [1.165, 1.54) is 6.42 Å². The number of nitrogens with one attached hydrogen (secondary N) is 1. The van der Waals surface area contributed by atoms with Crippen molar-refractivity contribution in [1.82, 2.24) is 0 Å². The Morgan fingerprint density at radius 3 is 2.53 bits per heavy atom. The van der Waals surface area contributed by atoms with Gasteiger partial charge >= 0.3 is 5.97 Å². The first-order valence-electron chi connectivity index (χ1n) is 6.79. The predicted octanol–water partition coefficient (Wildman–Crippen LogP) is 2.80.